The molecule has 1 unspecified atom stereocenters. The molecule has 0 aliphatic carbocycles. The minimum absolute atomic E-state index is 0.281. The molecule has 1 aliphatic rings. The first-order valence-corrected chi connectivity index (χ1v) is 5.57. The molecule has 0 radical (unpaired) electrons. The normalized spacial score (nSPS) is 23.9. The third kappa shape index (κ3) is 4.07. The molecule has 0 amide bonds. The van der Waals surface area contributed by atoms with E-state index in [0.29, 0.717) is 0 Å². The monoisotopic (exact) mass is 252 g/mol. The summed E-state index contributed by atoms with van der Waals surface area (Å²) in [5, 5.41) is 11.6. The minimum Gasteiger partial charge on any atom is -0.315 e. The lowest BCUT2D eigenvalue weighted by Gasteiger charge is -2.15. The predicted octanol–water partition coefficient (Wildman–Crippen LogP) is 1.56. The van der Waals surface area contributed by atoms with Crippen LogP contribution < -0.4 is 5.32 Å². The van der Waals surface area contributed by atoms with E-state index >= 15 is 0 Å². The highest BCUT2D eigenvalue weighted by Gasteiger charge is 2.09. The van der Waals surface area contributed by atoms with Crippen molar-refractivity contribution in [1.29, 1.82) is 5.26 Å². The van der Waals surface area contributed by atoms with E-state index in [2.05, 4.69) is 34.0 Å². The Morgan fingerprint density at radius 1 is 1.60 bits per heavy atom. The Kier molecular flexibility index (Phi) is 7.42. The van der Waals surface area contributed by atoms with Crippen LogP contribution in [0.4, 0.5) is 0 Å². The van der Waals surface area contributed by atoms with E-state index in [9.17, 15) is 0 Å². The molecule has 0 aromatic heterocycles. The van der Waals surface area contributed by atoms with Gasteiger partial charge in [-0.15, -0.1) is 0 Å². The molecule has 2 nitrogen and oxygen atoms in total. The van der Waals surface area contributed by atoms with Crippen molar-refractivity contribution >= 4 is 22.6 Å². The van der Waals surface area contributed by atoms with Crippen LogP contribution in [-0.2, 0) is 0 Å². The van der Waals surface area contributed by atoms with Gasteiger partial charge in [0.15, 0.2) is 0 Å². The van der Waals surface area contributed by atoms with Crippen LogP contribution in [-0.4, -0.2) is 18.0 Å². The zero-order chi connectivity index (χ0) is 7.82. The number of halogens is 1. The van der Waals surface area contributed by atoms with E-state index < -0.39 is 0 Å². The fourth-order valence-corrected chi connectivity index (χ4v) is 0.962. The maximum atomic E-state index is 8.40. The van der Waals surface area contributed by atoms with Crippen LogP contribution in [0.5, 0.6) is 0 Å². The molecule has 3 heteroatoms. The molecule has 0 spiro atoms. The Morgan fingerprint density at radius 3 is 2.60 bits per heavy atom. The molecule has 0 aromatic carbocycles. The van der Waals surface area contributed by atoms with Crippen LogP contribution in [0, 0.1) is 17.2 Å². The Bertz CT molecular complexity index is 103. The molecule has 1 atom stereocenters. The van der Waals surface area contributed by atoms with E-state index in [4.69, 9.17) is 5.26 Å². The third-order valence-corrected chi connectivity index (χ3v) is 1.48. The zero-order valence-corrected chi connectivity index (χ0v) is 8.39. The summed E-state index contributed by atoms with van der Waals surface area (Å²) in [6, 6.07) is 2.24. The summed E-state index contributed by atoms with van der Waals surface area (Å²) >= 11 is 2.15. The maximum absolute atomic E-state index is 8.40. The van der Waals surface area contributed by atoms with Gasteiger partial charge in [0, 0.05) is 6.54 Å². The first-order chi connectivity index (χ1) is 4.93. The smallest absolute Gasteiger partial charge is 0.0669 e. The summed E-state index contributed by atoms with van der Waals surface area (Å²) in [4.78, 5) is 1.97. The summed E-state index contributed by atoms with van der Waals surface area (Å²) < 4.78 is 0. The van der Waals surface area contributed by atoms with Gasteiger partial charge in [-0.05, 0) is 24.3 Å². The highest BCUT2D eigenvalue weighted by molar-refractivity contribution is 14.1. The van der Waals surface area contributed by atoms with Gasteiger partial charge in [-0.1, -0.05) is 22.6 Å². The summed E-state index contributed by atoms with van der Waals surface area (Å²) in [7, 11) is 0. The summed E-state index contributed by atoms with van der Waals surface area (Å²) in [5.41, 5.74) is 0. The Balaban J connectivity index is 0.000000371. The highest BCUT2D eigenvalue weighted by Crippen LogP contribution is 2.06. The van der Waals surface area contributed by atoms with Crippen molar-refractivity contribution in [2.24, 2.45) is 5.92 Å². The molecule has 1 fully saturated rings. The Hall–Kier alpha value is 0.180. The van der Waals surface area contributed by atoms with Crippen molar-refractivity contribution in [1.82, 2.24) is 5.32 Å². The second-order valence-corrected chi connectivity index (χ2v) is 2.17. The molecule has 0 aromatic rings. The van der Waals surface area contributed by atoms with E-state index in [-0.39, 0.29) is 5.92 Å². The topological polar surface area (TPSA) is 35.8 Å². The first-order valence-electron chi connectivity index (χ1n) is 3.41. The number of piperidine rings is 1. The lowest BCUT2D eigenvalue weighted by Crippen LogP contribution is -2.28. The number of alkyl halides is 1. The van der Waals surface area contributed by atoms with Crippen molar-refractivity contribution in [2.75, 3.05) is 18.0 Å². The van der Waals surface area contributed by atoms with Crippen LogP contribution in [0.25, 0.3) is 0 Å². The fraction of sp³-hybridized carbons (Fsp3) is 0.857. The summed E-state index contributed by atoms with van der Waals surface area (Å²) in [6.45, 7) is 1.99. The molecule has 10 heavy (non-hydrogen) atoms. The lowest BCUT2D eigenvalue weighted by atomic mass is 10.0. The molecule has 1 saturated heterocycles. The molecule has 0 saturated carbocycles. The largest absolute Gasteiger partial charge is 0.315 e. The number of hydrogen-bond acceptors (Lipinski definition) is 2. The van der Waals surface area contributed by atoms with Gasteiger partial charge in [-0.2, -0.15) is 5.26 Å². The third-order valence-electron chi connectivity index (χ3n) is 1.48. The van der Waals surface area contributed by atoms with Gasteiger partial charge < -0.3 is 5.32 Å². The average Bonchev–Trinajstić information content (AvgIpc) is 2.10. The van der Waals surface area contributed by atoms with Crippen molar-refractivity contribution in [2.45, 2.75) is 12.8 Å². The van der Waals surface area contributed by atoms with Gasteiger partial charge in [0.1, 0.15) is 0 Å². The fourth-order valence-electron chi connectivity index (χ4n) is 0.962. The first kappa shape index (κ1) is 10.2. The number of rotatable bonds is 0. The molecular weight excluding hydrogens is 239 g/mol. The maximum Gasteiger partial charge on any atom is 0.0669 e. The molecule has 1 N–H and O–H groups in total. The standard InChI is InChI=1S/C6H10N2.CH3I/c7-4-6-2-1-3-8-5-6;1-2/h6,8H,1-3,5H2;1H3. The predicted molar refractivity (Wildman–Crippen MR) is 51.2 cm³/mol. The van der Waals surface area contributed by atoms with E-state index in [1.807, 2.05) is 4.93 Å². The Labute approximate surface area is 76.1 Å². The van der Waals surface area contributed by atoms with Crippen LogP contribution in [0.1, 0.15) is 12.8 Å². The van der Waals surface area contributed by atoms with E-state index in [0.717, 1.165) is 25.9 Å². The van der Waals surface area contributed by atoms with Crippen LogP contribution >= 0.6 is 22.6 Å². The number of nitrogens with one attached hydrogen (secondary N) is 1. The molecular formula is C7H13IN2. The molecule has 1 aliphatic heterocycles. The number of hydrogen-bond donors (Lipinski definition) is 1. The minimum atomic E-state index is 0.281. The highest BCUT2D eigenvalue weighted by atomic mass is 127. The molecule has 58 valence electrons. The van der Waals surface area contributed by atoms with Gasteiger partial charge >= 0.3 is 0 Å². The van der Waals surface area contributed by atoms with Crippen molar-refractivity contribution in [3.8, 4) is 6.07 Å². The second kappa shape index (κ2) is 7.29. The SMILES string of the molecule is CI.N#CC1CCCNC1. The van der Waals surface area contributed by atoms with E-state index in [1.165, 1.54) is 0 Å². The van der Waals surface area contributed by atoms with Gasteiger partial charge in [0.25, 0.3) is 0 Å². The summed E-state index contributed by atoms with van der Waals surface area (Å²) in [5.74, 6) is 0.281. The van der Waals surface area contributed by atoms with E-state index in [1.54, 1.807) is 0 Å². The quantitative estimate of drug-likeness (QED) is 0.524. The molecule has 0 bridgehead atoms. The van der Waals surface area contributed by atoms with Gasteiger partial charge in [-0.3, -0.25) is 0 Å². The van der Waals surface area contributed by atoms with Gasteiger partial charge in [0.2, 0.25) is 0 Å². The van der Waals surface area contributed by atoms with Crippen LogP contribution in [0.15, 0.2) is 0 Å². The molecule has 1 heterocycles. The van der Waals surface area contributed by atoms with Crippen molar-refractivity contribution in [3.05, 3.63) is 0 Å². The number of nitriles is 1. The zero-order valence-electron chi connectivity index (χ0n) is 6.23. The summed E-state index contributed by atoms with van der Waals surface area (Å²) in [6.07, 6.45) is 2.25. The van der Waals surface area contributed by atoms with Crippen molar-refractivity contribution in [3.63, 3.8) is 0 Å². The van der Waals surface area contributed by atoms with Crippen LogP contribution in [0.2, 0.25) is 0 Å². The average molecular weight is 252 g/mol. The second-order valence-electron chi connectivity index (χ2n) is 2.17. The van der Waals surface area contributed by atoms with Crippen molar-refractivity contribution < 1.29 is 0 Å². The van der Waals surface area contributed by atoms with Gasteiger partial charge in [0.05, 0.1) is 12.0 Å². The van der Waals surface area contributed by atoms with Gasteiger partial charge in [-0.25, -0.2) is 0 Å². The molecule has 1 rings (SSSR count). The lowest BCUT2D eigenvalue weighted by molar-refractivity contribution is 0.446. The number of nitrogens with zero attached hydrogens (tertiary/aromatic N) is 1. The van der Waals surface area contributed by atoms with Crippen LogP contribution in [0.3, 0.4) is 0 Å². The Morgan fingerprint density at radius 2 is 2.30 bits per heavy atom.